The van der Waals surface area contributed by atoms with E-state index in [1.165, 1.54) is 0 Å². The number of ether oxygens (including phenoxy) is 2. The minimum Gasteiger partial charge on any atom is -0.493 e. The summed E-state index contributed by atoms with van der Waals surface area (Å²) in [4.78, 5) is 2.44. The van der Waals surface area contributed by atoms with E-state index in [1.54, 1.807) is 14.2 Å². The normalized spacial score (nSPS) is 18.0. The fourth-order valence-corrected chi connectivity index (χ4v) is 3.21. The SMILES string of the molecule is COc1ccc([C@H](N2CCNCC2)C(C)(C)CO)cc1OC. The third-order valence-corrected chi connectivity index (χ3v) is 4.39. The van der Waals surface area contributed by atoms with Crippen LogP contribution in [0.25, 0.3) is 0 Å². The van der Waals surface area contributed by atoms with Gasteiger partial charge >= 0.3 is 0 Å². The summed E-state index contributed by atoms with van der Waals surface area (Å²) in [7, 11) is 3.29. The van der Waals surface area contributed by atoms with Crippen molar-refractivity contribution < 1.29 is 14.6 Å². The van der Waals surface area contributed by atoms with Crippen LogP contribution in [0.3, 0.4) is 0 Å². The number of methoxy groups -OCH3 is 2. The first kappa shape index (κ1) is 17.1. The number of nitrogens with one attached hydrogen (secondary N) is 1. The van der Waals surface area contributed by atoms with Crippen LogP contribution in [-0.2, 0) is 0 Å². The zero-order chi connectivity index (χ0) is 16.2. The summed E-state index contributed by atoms with van der Waals surface area (Å²) in [5.41, 5.74) is 0.912. The zero-order valence-corrected chi connectivity index (χ0v) is 14.1. The Balaban J connectivity index is 2.39. The van der Waals surface area contributed by atoms with E-state index in [4.69, 9.17) is 9.47 Å². The van der Waals surface area contributed by atoms with E-state index >= 15 is 0 Å². The van der Waals surface area contributed by atoms with E-state index < -0.39 is 0 Å². The number of aliphatic hydroxyl groups excluding tert-OH is 1. The molecule has 2 N–H and O–H groups in total. The molecule has 22 heavy (non-hydrogen) atoms. The van der Waals surface area contributed by atoms with Gasteiger partial charge < -0.3 is 19.9 Å². The lowest BCUT2D eigenvalue weighted by Crippen LogP contribution is -2.49. The number of piperazine rings is 1. The third-order valence-electron chi connectivity index (χ3n) is 4.39. The smallest absolute Gasteiger partial charge is 0.161 e. The maximum Gasteiger partial charge on any atom is 0.161 e. The van der Waals surface area contributed by atoms with Crippen LogP contribution < -0.4 is 14.8 Å². The average Bonchev–Trinajstić information content (AvgIpc) is 2.55. The first-order chi connectivity index (χ1) is 10.5. The molecule has 1 aliphatic heterocycles. The molecule has 0 aromatic heterocycles. The topological polar surface area (TPSA) is 54.0 Å². The quantitative estimate of drug-likeness (QED) is 0.837. The van der Waals surface area contributed by atoms with Crippen molar-refractivity contribution in [2.45, 2.75) is 19.9 Å². The molecule has 0 aliphatic carbocycles. The van der Waals surface area contributed by atoms with Crippen molar-refractivity contribution in [3.63, 3.8) is 0 Å². The van der Waals surface area contributed by atoms with Crippen LogP contribution in [0.1, 0.15) is 25.5 Å². The molecule has 1 fully saturated rings. The lowest BCUT2D eigenvalue weighted by atomic mass is 9.79. The van der Waals surface area contributed by atoms with Crippen LogP contribution in [-0.4, -0.2) is 57.0 Å². The van der Waals surface area contributed by atoms with Gasteiger partial charge in [0.1, 0.15) is 0 Å². The number of hydrogen-bond donors (Lipinski definition) is 2. The lowest BCUT2D eigenvalue weighted by molar-refractivity contribution is 0.0304. The fourth-order valence-electron chi connectivity index (χ4n) is 3.21. The molecule has 2 rings (SSSR count). The van der Waals surface area contributed by atoms with Gasteiger partial charge in [0, 0.05) is 44.2 Å². The van der Waals surface area contributed by atoms with Crippen molar-refractivity contribution >= 4 is 0 Å². The van der Waals surface area contributed by atoms with E-state index in [0.717, 1.165) is 43.2 Å². The highest BCUT2D eigenvalue weighted by Gasteiger charge is 2.36. The molecule has 124 valence electrons. The Morgan fingerprint density at radius 1 is 1.18 bits per heavy atom. The second-order valence-electron chi connectivity index (χ2n) is 6.45. The van der Waals surface area contributed by atoms with Gasteiger partial charge in [-0.15, -0.1) is 0 Å². The minimum atomic E-state index is -0.239. The van der Waals surface area contributed by atoms with Crippen LogP contribution in [0.5, 0.6) is 11.5 Å². The Morgan fingerprint density at radius 3 is 2.36 bits per heavy atom. The molecule has 1 atom stereocenters. The Bertz CT molecular complexity index is 485. The molecule has 1 aromatic rings. The van der Waals surface area contributed by atoms with E-state index in [-0.39, 0.29) is 18.1 Å². The summed E-state index contributed by atoms with van der Waals surface area (Å²) in [6.45, 7) is 8.25. The van der Waals surface area contributed by atoms with E-state index in [2.05, 4.69) is 30.1 Å². The van der Waals surface area contributed by atoms with Crippen molar-refractivity contribution in [1.29, 1.82) is 0 Å². The molecule has 5 heteroatoms. The molecule has 1 aromatic carbocycles. The highest BCUT2D eigenvalue weighted by molar-refractivity contribution is 5.44. The molecule has 0 bridgehead atoms. The zero-order valence-electron chi connectivity index (χ0n) is 14.1. The van der Waals surface area contributed by atoms with Crippen LogP contribution in [0, 0.1) is 5.41 Å². The van der Waals surface area contributed by atoms with Gasteiger partial charge in [0.15, 0.2) is 11.5 Å². The van der Waals surface area contributed by atoms with Gasteiger partial charge in [-0.25, -0.2) is 0 Å². The second kappa shape index (κ2) is 7.31. The van der Waals surface area contributed by atoms with E-state index in [1.807, 2.05) is 12.1 Å². The number of hydrogen-bond acceptors (Lipinski definition) is 5. The predicted octanol–water partition coefficient (Wildman–Crippen LogP) is 1.67. The molecule has 0 unspecified atom stereocenters. The summed E-state index contributed by atoms with van der Waals surface area (Å²) in [6.07, 6.45) is 0. The fraction of sp³-hybridized carbons (Fsp3) is 0.647. The first-order valence-electron chi connectivity index (χ1n) is 7.81. The second-order valence-corrected chi connectivity index (χ2v) is 6.45. The van der Waals surface area contributed by atoms with Crippen molar-refractivity contribution in [2.24, 2.45) is 5.41 Å². The number of aliphatic hydroxyl groups is 1. The Morgan fingerprint density at radius 2 is 1.82 bits per heavy atom. The largest absolute Gasteiger partial charge is 0.493 e. The molecule has 1 heterocycles. The molecular formula is C17H28N2O3. The molecule has 1 saturated heterocycles. The maximum absolute atomic E-state index is 9.89. The van der Waals surface area contributed by atoms with Crippen LogP contribution >= 0.6 is 0 Å². The molecular weight excluding hydrogens is 280 g/mol. The third kappa shape index (κ3) is 3.54. The number of rotatable bonds is 6. The Labute approximate surface area is 133 Å². The number of benzene rings is 1. The first-order valence-corrected chi connectivity index (χ1v) is 7.81. The number of nitrogens with zero attached hydrogens (tertiary/aromatic N) is 1. The van der Waals surface area contributed by atoms with Gasteiger partial charge in [-0.05, 0) is 17.7 Å². The van der Waals surface area contributed by atoms with E-state index in [0.29, 0.717) is 0 Å². The Kier molecular flexibility index (Phi) is 5.67. The van der Waals surface area contributed by atoms with Gasteiger partial charge in [0.2, 0.25) is 0 Å². The van der Waals surface area contributed by atoms with Gasteiger partial charge in [0.05, 0.1) is 14.2 Å². The van der Waals surface area contributed by atoms with Gasteiger partial charge in [0.25, 0.3) is 0 Å². The van der Waals surface area contributed by atoms with Gasteiger partial charge in [-0.1, -0.05) is 19.9 Å². The van der Waals surface area contributed by atoms with Crippen molar-refractivity contribution in [3.05, 3.63) is 23.8 Å². The molecule has 0 radical (unpaired) electrons. The molecule has 0 saturated carbocycles. The van der Waals surface area contributed by atoms with Crippen molar-refractivity contribution in [1.82, 2.24) is 10.2 Å². The highest BCUT2D eigenvalue weighted by Crippen LogP contribution is 2.41. The standard InChI is InChI=1S/C17H28N2O3/c1-17(2,12-20)16(19-9-7-18-8-10-19)13-5-6-14(21-3)15(11-13)22-4/h5-6,11,16,18,20H,7-10,12H2,1-4H3/t16-/m0/s1. The summed E-state index contributed by atoms with van der Waals surface area (Å²) in [5, 5.41) is 13.3. The van der Waals surface area contributed by atoms with Gasteiger partial charge in [-0.2, -0.15) is 0 Å². The molecule has 1 aliphatic rings. The van der Waals surface area contributed by atoms with Crippen LogP contribution in [0.4, 0.5) is 0 Å². The monoisotopic (exact) mass is 308 g/mol. The summed E-state index contributed by atoms with van der Waals surface area (Å²) >= 11 is 0. The summed E-state index contributed by atoms with van der Waals surface area (Å²) < 4.78 is 10.8. The van der Waals surface area contributed by atoms with E-state index in [9.17, 15) is 5.11 Å². The van der Waals surface area contributed by atoms with Crippen LogP contribution in [0.15, 0.2) is 18.2 Å². The average molecular weight is 308 g/mol. The molecule has 0 amide bonds. The molecule has 5 nitrogen and oxygen atoms in total. The predicted molar refractivity (Wildman–Crippen MR) is 87.6 cm³/mol. The maximum atomic E-state index is 9.89. The van der Waals surface area contributed by atoms with Crippen molar-refractivity contribution in [3.8, 4) is 11.5 Å². The lowest BCUT2D eigenvalue weighted by Gasteiger charge is -2.43. The van der Waals surface area contributed by atoms with Gasteiger partial charge in [-0.3, -0.25) is 4.90 Å². The molecule has 0 spiro atoms. The minimum absolute atomic E-state index is 0.135. The van der Waals surface area contributed by atoms with Crippen molar-refractivity contribution in [2.75, 3.05) is 47.0 Å². The summed E-state index contributed by atoms with van der Waals surface area (Å²) in [5.74, 6) is 1.46. The highest BCUT2D eigenvalue weighted by atomic mass is 16.5. The summed E-state index contributed by atoms with van der Waals surface area (Å²) in [6, 6.07) is 6.19. The van der Waals surface area contributed by atoms with Crippen LogP contribution in [0.2, 0.25) is 0 Å². The Hall–Kier alpha value is -1.30.